The molecule has 0 N–H and O–H groups in total. The number of hydrogen-bond acceptors (Lipinski definition) is 2. The fourth-order valence-corrected chi connectivity index (χ4v) is 2.62. The lowest BCUT2D eigenvalue weighted by atomic mass is 10.1. The summed E-state index contributed by atoms with van der Waals surface area (Å²) in [6, 6.07) is 4.38. The van der Waals surface area contributed by atoms with Gasteiger partial charge in [0.2, 0.25) is 0 Å². The van der Waals surface area contributed by atoms with E-state index in [9.17, 15) is 13.2 Å². The number of likely N-dealkylation sites (N-methyl/N-ethyl adjacent to an activating group) is 1. The summed E-state index contributed by atoms with van der Waals surface area (Å²) in [5.74, 6) is 0.0894. The van der Waals surface area contributed by atoms with Crippen LogP contribution in [0.25, 0.3) is 0 Å². The molecule has 1 aliphatic heterocycles. The highest BCUT2D eigenvalue weighted by Gasteiger charge is 2.35. The Balaban J connectivity index is 2.34. The molecule has 2 nitrogen and oxygen atoms in total. The van der Waals surface area contributed by atoms with Crippen LogP contribution in [-0.4, -0.2) is 38.1 Å². The molecule has 1 saturated heterocycles. The van der Waals surface area contributed by atoms with Crippen molar-refractivity contribution < 1.29 is 13.2 Å². The number of anilines is 1. The van der Waals surface area contributed by atoms with Crippen molar-refractivity contribution in [1.82, 2.24) is 4.90 Å². The maximum Gasteiger partial charge on any atom is 0.418 e. The first-order valence-electron chi connectivity index (χ1n) is 6.61. The molecule has 1 heterocycles. The van der Waals surface area contributed by atoms with E-state index in [4.69, 9.17) is 11.6 Å². The number of benzene rings is 1. The first-order valence-corrected chi connectivity index (χ1v) is 7.15. The van der Waals surface area contributed by atoms with E-state index in [1.165, 1.54) is 0 Å². The van der Waals surface area contributed by atoms with E-state index in [0.717, 1.165) is 25.6 Å². The SMILES string of the molecule is CN1CCCN(c2ccc(CCl)cc2C(F)(F)F)CC1. The van der Waals surface area contributed by atoms with Crippen LogP contribution in [0.4, 0.5) is 18.9 Å². The van der Waals surface area contributed by atoms with Crippen molar-refractivity contribution >= 4 is 17.3 Å². The topological polar surface area (TPSA) is 6.48 Å². The average molecular weight is 307 g/mol. The Kier molecular flexibility index (Phi) is 4.81. The van der Waals surface area contributed by atoms with Crippen molar-refractivity contribution in [3.05, 3.63) is 29.3 Å². The lowest BCUT2D eigenvalue weighted by Gasteiger charge is -2.26. The van der Waals surface area contributed by atoms with Gasteiger partial charge in [-0.3, -0.25) is 0 Å². The van der Waals surface area contributed by atoms with E-state index in [1.807, 2.05) is 11.9 Å². The van der Waals surface area contributed by atoms with Crippen molar-refractivity contribution in [1.29, 1.82) is 0 Å². The number of alkyl halides is 4. The van der Waals surface area contributed by atoms with Crippen LogP contribution in [0, 0.1) is 0 Å². The zero-order chi connectivity index (χ0) is 14.8. The van der Waals surface area contributed by atoms with E-state index in [1.54, 1.807) is 12.1 Å². The largest absolute Gasteiger partial charge is 0.418 e. The van der Waals surface area contributed by atoms with E-state index >= 15 is 0 Å². The van der Waals surface area contributed by atoms with Crippen LogP contribution in [0.3, 0.4) is 0 Å². The quantitative estimate of drug-likeness (QED) is 0.771. The third kappa shape index (κ3) is 3.58. The Hall–Kier alpha value is -0.940. The van der Waals surface area contributed by atoms with E-state index in [0.29, 0.717) is 18.7 Å². The predicted octanol–water partition coefficient (Wildman–Crippen LogP) is 3.59. The van der Waals surface area contributed by atoms with Crippen molar-refractivity contribution in [3.8, 4) is 0 Å². The smallest absolute Gasteiger partial charge is 0.370 e. The molecule has 112 valence electrons. The van der Waals surface area contributed by atoms with Gasteiger partial charge >= 0.3 is 6.18 Å². The molecule has 0 aliphatic carbocycles. The summed E-state index contributed by atoms with van der Waals surface area (Å²) in [5, 5.41) is 0. The minimum Gasteiger partial charge on any atom is -0.370 e. The minimum atomic E-state index is -4.35. The van der Waals surface area contributed by atoms with Gasteiger partial charge < -0.3 is 9.80 Å². The summed E-state index contributed by atoms with van der Waals surface area (Å²) in [6.07, 6.45) is -3.49. The summed E-state index contributed by atoms with van der Waals surface area (Å²) in [6.45, 7) is 2.94. The Morgan fingerprint density at radius 1 is 1.15 bits per heavy atom. The Morgan fingerprint density at radius 3 is 2.55 bits per heavy atom. The molecule has 0 amide bonds. The molecule has 6 heteroatoms. The fourth-order valence-electron chi connectivity index (χ4n) is 2.46. The highest BCUT2D eigenvalue weighted by molar-refractivity contribution is 6.17. The van der Waals surface area contributed by atoms with Crippen LogP contribution in [0.1, 0.15) is 17.5 Å². The molecule has 0 bridgehead atoms. The number of rotatable bonds is 2. The van der Waals surface area contributed by atoms with Crippen molar-refractivity contribution in [3.63, 3.8) is 0 Å². The maximum atomic E-state index is 13.2. The van der Waals surface area contributed by atoms with Gasteiger partial charge in [-0.25, -0.2) is 0 Å². The maximum absolute atomic E-state index is 13.2. The van der Waals surface area contributed by atoms with Gasteiger partial charge in [-0.2, -0.15) is 13.2 Å². The molecule has 2 rings (SSSR count). The Morgan fingerprint density at radius 2 is 1.90 bits per heavy atom. The lowest BCUT2D eigenvalue weighted by Crippen LogP contribution is -2.30. The molecular formula is C14H18ClF3N2. The Labute approximate surface area is 122 Å². The lowest BCUT2D eigenvalue weighted by molar-refractivity contribution is -0.137. The standard InChI is InChI=1S/C14H18ClF3N2/c1-19-5-2-6-20(8-7-19)13-4-3-11(10-15)9-12(13)14(16,17)18/h3-4,9H,2,5-8,10H2,1H3. The van der Waals surface area contributed by atoms with Gasteiger partial charge in [-0.1, -0.05) is 6.07 Å². The van der Waals surface area contributed by atoms with Crippen LogP contribution in [-0.2, 0) is 12.1 Å². The van der Waals surface area contributed by atoms with Gasteiger partial charge in [0.05, 0.1) is 5.56 Å². The van der Waals surface area contributed by atoms with Crippen LogP contribution in [0.15, 0.2) is 18.2 Å². The molecule has 1 aliphatic rings. The first kappa shape index (κ1) is 15.4. The van der Waals surface area contributed by atoms with Crippen molar-refractivity contribution in [2.24, 2.45) is 0 Å². The zero-order valence-electron chi connectivity index (χ0n) is 11.4. The molecule has 1 aromatic carbocycles. The van der Waals surface area contributed by atoms with Crippen molar-refractivity contribution in [2.75, 3.05) is 38.1 Å². The van der Waals surface area contributed by atoms with E-state index < -0.39 is 11.7 Å². The van der Waals surface area contributed by atoms with Gasteiger partial charge in [-0.15, -0.1) is 11.6 Å². The summed E-state index contributed by atoms with van der Waals surface area (Å²) < 4.78 is 39.7. The average Bonchev–Trinajstić information content (AvgIpc) is 2.62. The monoisotopic (exact) mass is 306 g/mol. The third-order valence-electron chi connectivity index (χ3n) is 3.58. The summed E-state index contributed by atoms with van der Waals surface area (Å²) in [5.41, 5.74) is 0.177. The minimum absolute atomic E-state index is 0.0894. The molecule has 1 aromatic rings. The zero-order valence-corrected chi connectivity index (χ0v) is 12.1. The first-order chi connectivity index (χ1) is 9.41. The molecule has 1 fully saturated rings. The molecule has 0 atom stereocenters. The molecule has 0 aromatic heterocycles. The second-order valence-corrected chi connectivity index (χ2v) is 5.39. The molecule has 20 heavy (non-hydrogen) atoms. The van der Waals surface area contributed by atoms with Gasteiger partial charge in [0.1, 0.15) is 0 Å². The van der Waals surface area contributed by atoms with Crippen LogP contribution in [0.5, 0.6) is 0 Å². The third-order valence-corrected chi connectivity index (χ3v) is 3.89. The molecule has 0 unspecified atom stereocenters. The summed E-state index contributed by atoms with van der Waals surface area (Å²) in [4.78, 5) is 3.96. The van der Waals surface area contributed by atoms with Gasteiger partial charge in [0.15, 0.2) is 0 Å². The van der Waals surface area contributed by atoms with Gasteiger partial charge in [-0.05, 0) is 37.7 Å². The van der Waals surface area contributed by atoms with Crippen LogP contribution >= 0.6 is 11.6 Å². The normalized spacial score (nSPS) is 18.1. The van der Waals surface area contributed by atoms with Crippen LogP contribution in [0.2, 0.25) is 0 Å². The van der Waals surface area contributed by atoms with Crippen LogP contribution < -0.4 is 4.90 Å². The molecular weight excluding hydrogens is 289 g/mol. The number of hydrogen-bond donors (Lipinski definition) is 0. The molecule has 0 radical (unpaired) electrons. The van der Waals surface area contributed by atoms with Crippen molar-refractivity contribution in [2.45, 2.75) is 18.5 Å². The van der Waals surface area contributed by atoms with Gasteiger partial charge in [0.25, 0.3) is 0 Å². The highest BCUT2D eigenvalue weighted by atomic mass is 35.5. The second-order valence-electron chi connectivity index (χ2n) is 5.13. The summed E-state index contributed by atoms with van der Waals surface area (Å²) in [7, 11) is 1.99. The van der Waals surface area contributed by atoms with E-state index in [2.05, 4.69) is 4.90 Å². The Bertz CT molecular complexity index is 462. The highest BCUT2D eigenvalue weighted by Crippen LogP contribution is 2.37. The predicted molar refractivity (Wildman–Crippen MR) is 75.3 cm³/mol. The fraction of sp³-hybridized carbons (Fsp3) is 0.571. The molecule has 0 spiro atoms. The summed E-state index contributed by atoms with van der Waals surface area (Å²) >= 11 is 5.64. The van der Waals surface area contributed by atoms with E-state index in [-0.39, 0.29) is 11.6 Å². The molecule has 0 saturated carbocycles. The number of halogens is 4. The second kappa shape index (κ2) is 6.22. The van der Waals surface area contributed by atoms with Gasteiger partial charge in [0, 0.05) is 31.2 Å². The number of nitrogens with zero attached hydrogens (tertiary/aromatic N) is 2.